The molecule has 0 bridgehead atoms. The quantitative estimate of drug-likeness (QED) is 0.765. The van der Waals surface area contributed by atoms with Gasteiger partial charge in [0.2, 0.25) is 5.91 Å². The van der Waals surface area contributed by atoms with Gasteiger partial charge in [-0.1, -0.05) is 25.1 Å². The maximum atomic E-state index is 11.2. The van der Waals surface area contributed by atoms with Crippen LogP contribution in [-0.2, 0) is 4.79 Å². The van der Waals surface area contributed by atoms with Crippen molar-refractivity contribution in [1.29, 1.82) is 0 Å². The van der Waals surface area contributed by atoms with E-state index in [1.54, 1.807) is 0 Å². The van der Waals surface area contributed by atoms with Crippen LogP contribution in [0.15, 0.2) is 24.3 Å². The lowest BCUT2D eigenvalue weighted by Gasteiger charge is -2.23. The van der Waals surface area contributed by atoms with E-state index in [4.69, 9.17) is 5.73 Å². The van der Waals surface area contributed by atoms with Crippen molar-refractivity contribution >= 4 is 11.6 Å². The molecule has 4 nitrogen and oxygen atoms in total. The number of hydrogen-bond donors (Lipinski definition) is 2. The number of primary amides is 1. The van der Waals surface area contributed by atoms with E-state index in [1.807, 2.05) is 26.1 Å². The Morgan fingerprint density at radius 1 is 1.44 bits per heavy atom. The Morgan fingerprint density at radius 2 is 2.11 bits per heavy atom. The van der Waals surface area contributed by atoms with Crippen molar-refractivity contribution in [3.63, 3.8) is 0 Å². The number of anilines is 1. The summed E-state index contributed by atoms with van der Waals surface area (Å²) in [5.74, 6) is -0.282. The fourth-order valence-corrected chi connectivity index (χ4v) is 2.03. The Balaban J connectivity index is 2.57. The Morgan fingerprint density at radius 3 is 2.67 bits per heavy atom. The van der Waals surface area contributed by atoms with E-state index in [0.717, 1.165) is 13.1 Å². The molecule has 18 heavy (non-hydrogen) atoms. The molecule has 0 radical (unpaired) electrons. The van der Waals surface area contributed by atoms with Crippen LogP contribution in [0, 0.1) is 6.92 Å². The van der Waals surface area contributed by atoms with E-state index in [-0.39, 0.29) is 11.9 Å². The minimum absolute atomic E-state index is 0.249. The van der Waals surface area contributed by atoms with E-state index in [2.05, 4.69) is 29.3 Å². The molecule has 0 saturated heterocycles. The first kappa shape index (κ1) is 14.5. The third kappa shape index (κ3) is 4.04. The molecule has 1 aromatic carbocycles. The topological polar surface area (TPSA) is 58.4 Å². The van der Waals surface area contributed by atoms with Crippen LogP contribution in [0.4, 0.5) is 5.69 Å². The first-order chi connectivity index (χ1) is 8.56. The SMILES string of the molecule is CCNC(CCN(C)c1ccccc1C)C(N)=O. The largest absolute Gasteiger partial charge is 0.374 e. The molecule has 3 N–H and O–H groups in total. The summed E-state index contributed by atoms with van der Waals surface area (Å²) in [4.78, 5) is 13.4. The molecule has 1 amide bonds. The first-order valence-electron chi connectivity index (χ1n) is 6.35. The number of para-hydroxylation sites is 1. The van der Waals surface area contributed by atoms with Crippen LogP contribution in [0.2, 0.25) is 0 Å². The lowest BCUT2D eigenvalue weighted by atomic mass is 10.1. The van der Waals surface area contributed by atoms with Gasteiger partial charge in [-0.05, 0) is 31.5 Å². The summed E-state index contributed by atoms with van der Waals surface area (Å²) in [7, 11) is 2.03. The van der Waals surface area contributed by atoms with Crippen molar-refractivity contribution in [2.45, 2.75) is 26.3 Å². The molecule has 1 aromatic rings. The summed E-state index contributed by atoms with van der Waals surface area (Å²) >= 11 is 0. The lowest BCUT2D eigenvalue weighted by Crippen LogP contribution is -2.43. The van der Waals surface area contributed by atoms with Crippen LogP contribution in [0.25, 0.3) is 0 Å². The summed E-state index contributed by atoms with van der Waals surface area (Å²) in [6, 6.07) is 7.97. The maximum absolute atomic E-state index is 11.2. The van der Waals surface area contributed by atoms with Gasteiger partial charge in [-0.2, -0.15) is 0 Å². The summed E-state index contributed by atoms with van der Waals surface area (Å²) in [5, 5.41) is 3.10. The summed E-state index contributed by atoms with van der Waals surface area (Å²) < 4.78 is 0. The Hall–Kier alpha value is -1.55. The van der Waals surface area contributed by atoms with Gasteiger partial charge in [0.25, 0.3) is 0 Å². The third-order valence-corrected chi connectivity index (χ3v) is 3.07. The molecule has 1 rings (SSSR count). The number of nitrogens with one attached hydrogen (secondary N) is 1. The zero-order valence-corrected chi connectivity index (χ0v) is 11.4. The summed E-state index contributed by atoms with van der Waals surface area (Å²) in [6.45, 7) is 5.61. The average Bonchev–Trinajstić information content (AvgIpc) is 2.34. The van der Waals surface area contributed by atoms with Crippen molar-refractivity contribution < 1.29 is 4.79 Å². The fourth-order valence-electron chi connectivity index (χ4n) is 2.03. The second-order valence-corrected chi connectivity index (χ2v) is 4.51. The molecular formula is C14H23N3O. The number of aryl methyl sites for hydroxylation is 1. The van der Waals surface area contributed by atoms with Crippen molar-refractivity contribution in [2.24, 2.45) is 5.73 Å². The van der Waals surface area contributed by atoms with Crippen molar-refractivity contribution in [3.8, 4) is 0 Å². The molecule has 0 aromatic heterocycles. The Bertz CT molecular complexity index is 392. The molecule has 1 atom stereocenters. The molecule has 0 heterocycles. The molecule has 0 fully saturated rings. The van der Waals surface area contributed by atoms with Gasteiger partial charge < -0.3 is 16.0 Å². The maximum Gasteiger partial charge on any atom is 0.234 e. The van der Waals surface area contributed by atoms with Gasteiger partial charge in [0, 0.05) is 19.3 Å². The van der Waals surface area contributed by atoms with Crippen LogP contribution in [-0.4, -0.2) is 32.1 Å². The van der Waals surface area contributed by atoms with Crippen molar-refractivity contribution in [3.05, 3.63) is 29.8 Å². The number of benzene rings is 1. The standard InChI is InChI=1S/C14H23N3O/c1-4-16-12(14(15)18)9-10-17(3)13-8-6-5-7-11(13)2/h5-8,12,16H,4,9-10H2,1-3H3,(H2,15,18). The second kappa shape index (κ2) is 7.01. The fraction of sp³-hybridized carbons (Fsp3) is 0.500. The lowest BCUT2D eigenvalue weighted by molar-refractivity contribution is -0.120. The highest BCUT2D eigenvalue weighted by Gasteiger charge is 2.14. The van der Waals surface area contributed by atoms with Gasteiger partial charge >= 0.3 is 0 Å². The van der Waals surface area contributed by atoms with Gasteiger partial charge in [0.1, 0.15) is 0 Å². The van der Waals surface area contributed by atoms with Crippen LogP contribution >= 0.6 is 0 Å². The van der Waals surface area contributed by atoms with Crippen LogP contribution in [0.3, 0.4) is 0 Å². The number of amides is 1. The number of likely N-dealkylation sites (N-methyl/N-ethyl adjacent to an activating group) is 1. The van der Waals surface area contributed by atoms with Gasteiger partial charge in [-0.15, -0.1) is 0 Å². The summed E-state index contributed by atoms with van der Waals surface area (Å²) in [6.07, 6.45) is 0.716. The van der Waals surface area contributed by atoms with E-state index >= 15 is 0 Å². The molecule has 100 valence electrons. The van der Waals surface area contributed by atoms with Gasteiger partial charge in [0.15, 0.2) is 0 Å². The van der Waals surface area contributed by atoms with Crippen LogP contribution < -0.4 is 16.0 Å². The van der Waals surface area contributed by atoms with Crippen molar-refractivity contribution in [2.75, 3.05) is 25.0 Å². The Kier molecular flexibility index (Phi) is 5.65. The van der Waals surface area contributed by atoms with Crippen molar-refractivity contribution in [1.82, 2.24) is 5.32 Å². The first-order valence-corrected chi connectivity index (χ1v) is 6.35. The normalized spacial score (nSPS) is 12.2. The zero-order valence-electron chi connectivity index (χ0n) is 11.4. The van der Waals surface area contributed by atoms with Crippen LogP contribution in [0.5, 0.6) is 0 Å². The smallest absolute Gasteiger partial charge is 0.234 e. The predicted molar refractivity (Wildman–Crippen MR) is 75.7 cm³/mol. The number of hydrogen-bond acceptors (Lipinski definition) is 3. The Labute approximate surface area is 109 Å². The number of nitrogens with zero attached hydrogens (tertiary/aromatic N) is 1. The van der Waals surface area contributed by atoms with Gasteiger partial charge in [-0.3, -0.25) is 4.79 Å². The average molecular weight is 249 g/mol. The van der Waals surface area contributed by atoms with Gasteiger partial charge in [0.05, 0.1) is 6.04 Å². The molecule has 0 aliphatic rings. The van der Waals surface area contributed by atoms with Crippen LogP contribution in [0.1, 0.15) is 18.9 Å². The number of nitrogens with two attached hydrogens (primary N) is 1. The van der Waals surface area contributed by atoms with Gasteiger partial charge in [-0.25, -0.2) is 0 Å². The molecule has 0 aliphatic heterocycles. The molecule has 1 unspecified atom stereocenters. The highest BCUT2D eigenvalue weighted by Crippen LogP contribution is 2.17. The van der Waals surface area contributed by atoms with E-state index in [1.165, 1.54) is 11.3 Å². The molecule has 4 heteroatoms. The monoisotopic (exact) mass is 249 g/mol. The number of carbonyl (C=O) groups excluding carboxylic acids is 1. The number of carbonyl (C=O) groups is 1. The third-order valence-electron chi connectivity index (χ3n) is 3.07. The summed E-state index contributed by atoms with van der Waals surface area (Å²) in [5.41, 5.74) is 7.78. The molecule has 0 aliphatic carbocycles. The van der Waals surface area contributed by atoms with E-state index < -0.39 is 0 Å². The minimum atomic E-state index is -0.282. The predicted octanol–water partition coefficient (Wildman–Crippen LogP) is 1.28. The number of rotatable bonds is 7. The molecule has 0 saturated carbocycles. The van der Waals surface area contributed by atoms with E-state index in [0.29, 0.717) is 6.42 Å². The zero-order chi connectivity index (χ0) is 13.5. The highest BCUT2D eigenvalue weighted by atomic mass is 16.1. The molecular weight excluding hydrogens is 226 g/mol. The van der Waals surface area contributed by atoms with E-state index in [9.17, 15) is 4.79 Å². The minimum Gasteiger partial charge on any atom is -0.374 e. The second-order valence-electron chi connectivity index (χ2n) is 4.51. The highest BCUT2D eigenvalue weighted by molar-refractivity contribution is 5.79. The molecule has 0 spiro atoms.